The second-order valence-corrected chi connectivity index (χ2v) is 11.9. The summed E-state index contributed by atoms with van der Waals surface area (Å²) in [6.07, 6.45) is 0. The van der Waals surface area contributed by atoms with E-state index >= 15 is 0 Å². The number of rotatable bonds is 2. The fourth-order valence-corrected chi connectivity index (χ4v) is 9.25. The van der Waals surface area contributed by atoms with Crippen molar-refractivity contribution in [2.24, 2.45) is 9.98 Å². The molecule has 0 bridgehead atoms. The molecule has 3 aromatic heterocycles. The summed E-state index contributed by atoms with van der Waals surface area (Å²) in [6.45, 7) is 8.88. The summed E-state index contributed by atoms with van der Waals surface area (Å²) >= 11 is 4.78. The smallest absolute Gasteiger partial charge is 0.216 e. The molecule has 33 heavy (non-hydrogen) atoms. The highest BCUT2D eigenvalue weighted by atomic mass is 32.1. The van der Waals surface area contributed by atoms with Crippen molar-refractivity contribution in [2.45, 2.75) is 38.5 Å². The molecule has 0 atom stereocenters. The Balaban J connectivity index is 1.69. The lowest BCUT2D eigenvalue weighted by Crippen LogP contribution is -2.16. The van der Waals surface area contributed by atoms with Gasteiger partial charge in [0, 0.05) is 25.3 Å². The molecule has 0 fully saturated rings. The van der Waals surface area contributed by atoms with Crippen LogP contribution in [0, 0.1) is 45.3 Å². The fourth-order valence-electron chi connectivity index (χ4n) is 4.81. The van der Waals surface area contributed by atoms with Gasteiger partial charge in [-0.3, -0.25) is 0 Å². The van der Waals surface area contributed by atoms with Crippen LogP contribution in [0.4, 0.5) is 10.0 Å². The van der Waals surface area contributed by atoms with Crippen LogP contribution in [0.2, 0.25) is 0 Å². The molecular formula is C24H14N6S3. The largest absolute Gasteiger partial charge is 0.219 e. The van der Waals surface area contributed by atoms with Crippen molar-refractivity contribution in [1.29, 1.82) is 21.0 Å². The fraction of sp³-hybridized carbons (Fsp3) is 0.250. The zero-order valence-corrected chi connectivity index (χ0v) is 20.5. The average molecular weight is 483 g/mol. The number of allylic oxidation sites excluding steroid dienone is 2. The Morgan fingerprint density at radius 3 is 1.85 bits per heavy atom. The molecule has 0 unspecified atom stereocenters. The third-order valence-corrected chi connectivity index (χ3v) is 9.57. The van der Waals surface area contributed by atoms with Crippen LogP contribution in [-0.4, -0.2) is 11.4 Å². The van der Waals surface area contributed by atoms with Crippen molar-refractivity contribution in [3.63, 3.8) is 0 Å². The minimum absolute atomic E-state index is 0.144. The third kappa shape index (κ3) is 2.78. The van der Waals surface area contributed by atoms with E-state index in [9.17, 15) is 0 Å². The zero-order valence-electron chi connectivity index (χ0n) is 18.1. The number of hydrogen-bond donors (Lipinski definition) is 0. The lowest BCUT2D eigenvalue weighted by molar-refractivity contribution is 0.706. The zero-order chi connectivity index (χ0) is 23.7. The number of nitriles is 4. The monoisotopic (exact) mass is 482 g/mol. The lowest BCUT2D eigenvalue weighted by Gasteiger charge is -2.24. The minimum atomic E-state index is -0.260. The number of aliphatic imine (C=N–C) groups is 2. The van der Waals surface area contributed by atoms with Crippen molar-refractivity contribution in [1.82, 2.24) is 0 Å². The van der Waals surface area contributed by atoms with Crippen LogP contribution in [0.25, 0.3) is 20.5 Å². The number of hydrogen-bond acceptors (Lipinski definition) is 9. The Hall–Kier alpha value is -3.60. The summed E-state index contributed by atoms with van der Waals surface area (Å²) in [6, 6.07) is 11.3. The Morgan fingerprint density at radius 2 is 1.27 bits per heavy atom. The van der Waals surface area contributed by atoms with Crippen molar-refractivity contribution >= 4 is 76.0 Å². The first-order valence-corrected chi connectivity index (χ1v) is 12.4. The van der Waals surface area contributed by atoms with E-state index in [0.29, 0.717) is 10.0 Å². The van der Waals surface area contributed by atoms with Crippen LogP contribution in [0.3, 0.4) is 0 Å². The van der Waals surface area contributed by atoms with Gasteiger partial charge < -0.3 is 0 Å². The topological polar surface area (TPSA) is 120 Å². The summed E-state index contributed by atoms with van der Waals surface area (Å²) in [4.78, 5) is 10.9. The Bertz CT molecular complexity index is 1620. The van der Waals surface area contributed by atoms with Gasteiger partial charge in [0.05, 0.1) is 4.70 Å². The molecular weight excluding hydrogens is 469 g/mol. The van der Waals surface area contributed by atoms with Gasteiger partial charge in [-0.1, -0.05) is 27.7 Å². The maximum Gasteiger partial charge on any atom is 0.219 e. The highest BCUT2D eigenvalue weighted by Gasteiger charge is 2.52. The third-order valence-electron chi connectivity index (χ3n) is 6.19. The second-order valence-electron chi connectivity index (χ2n) is 8.78. The Labute approximate surface area is 202 Å². The van der Waals surface area contributed by atoms with Crippen LogP contribution in [0.5, 0.6) is 0 Å². The summed E-state index contributed by atoms with van der Waals surface area (Å²) in [5.74, 6) is 0. The molecule has 2 aliphatic rings. The number of nitrogens with zero attached hydrogens (tertiary/aromatic N) is 6. The second kappa shape index (κ2) is 6.95. The van der Waals surface area contributed by atoms with E-state index < -0.39 is 0 Å². The first kappa shape index (κ1) is 21.3. The molecule has 9 heteroatoms. The van der Waals surface area contributed by atoms with E-state index in [2.05, 4.69) is 37.7 Å². The summed E-state index contributed by atoms with van der Waals surface area (Å²) in [5.41, 5.74) is 4.26. The number of thiophene rings is 3. The molecule has 0 spiro atoms. The van der Waals surface area contributed by atoms with E-state index in [4.69, 9.17) is 21.0 Å². The first-order valence-electron chi connectivity index (χ1n) is 9.92. The van der Waals surface area contributed by atoms with Gasteiger partial charge in [0.1, 0.15) is 34.3 Å². The van der Waals surface area contributed by atoms with Crippen molar-refractivity contribution in [2.75, 3.05) is 0 Å². The standard InChI is InChI=1S/C24H14N6S3/c1-23(2)13-5-15(29-11(7-25)8-26)32-20(13)17-18(23)22-19(24(17,3)4)21-14(31-22)6-16(33-21)30-12(9-27)10-28/h5-6H,1-4H3. The average Bonchev–Trinajstić information content (AvgIpc) is 3.51. The molecule has 0 aromatic carbocycles. The maximum absolute atomic E-state index is 9.10. The highest BCUT2D eigenvalue weighted by molar-refractivity contribution is 7.30. The van der Waals surface area contributed by atoms with Crippen molar-refractivity contribution in [3.05, 3.63) is 33.0 Å². The van der Waals surface area contributed by atoms with Gasteiger partial charge in [0.25, 0.3) is 0 Å². The Morgan fingerprint density at radius 1 is 0.727 bits per heavy atom. The molecule has 158 valence electrons. The summed E-state index contributed by atoms with van der Waals surface area (Å²) in [5, 5.41) is 37.6. The minimum Gasteiger partial charge on any atom is -0.216 e. The SMILES string of the molecule is CC1(C)C2=C(c3sc(N=C(C#N)C#N)cc31)C(C)(C)c1c2sc2cc(N=C(C#N)C#N)sc12. The normalized spacial score (nSPS) is 16.1. The lowest BCUT2D eigenvalue weighted by atomic mass is 9.81. The van der Waals surface area contributed by atoms with E-state index in [1.807, 2.05) is 36.4 Å². The van der Waals surface area contributed by atoms with E-state index in [1.165, 1.54) is 49.8 Å². The molecule has 0 N–H and O–H groups in total. The molecule has 0 saturated heterocycles. The van der Waals surface area contributed by atoms with Crippen LogP contribution in [0.1, 0.15) is 48.6 Å². The van der Waals surface area contributed by atoms with Gasteiger partial charge >= 0.3 is 0 Å². The quantitative estimate of drug-likeness (QED) is 0.375. The van der Waals surface area contributed by atoms with Gasteiger partial charge in [0.2, 0.25) is 11.4 Å². The van der Waals surface area contributed by atoms with Crippen LogP contribution >= 0.6 is 34.0 Å². The van der Waals surface area contributed by atoms with Gasteiger partial charge in [0.15, 0.2) is 0 Å². The molecule has 0 aliphatic heterocycles. The molecule has 2 aliphatic carbocycles. The predicted octanol–water partition coefficient (Wildman–Crippen LogP) is 6.76. The first-order chi connectivity index (χ1) is 15.7. The van der Waals surface area contributed by atoms with Crippen LogP contribution in [0.15, 0.2) is 22.1 Å². The van der Waals surface area contributed by atoms with E-state index in [1.54, 1.807) is 11.3 Å². The van der Waals surface area contributed by atoms with Crippen LogP contribution < -0.4 is 0 Å². The Kier molecular flexibility index (Phi) is 4.47. The highest BCUT2D eigenvalue weighted by Crippen LogP contribution is 2.68. The molecule has 0 radical (unpaired) electrons. The maximum atomic E-state index is 9.10. The van der Waals surface area contributed by atoms with Crippen molar-refractivity contribution in [3.8, 4) is 24.3 Å². The predicted molar refractivity (Wildman–Crippen MR) is 134 cm³/mol. The van der Waals surface area contributed by atoms with Gasteiger partial charge in [-0.2, -0.15) is 21.0 Å². The van der Waals surface area contributed by atoms with Gasteiger partial charge in [-0.05, 0) is 34.4 Å². The van der Waals surface area contributed by atoms with E-state index in [0.717, 1.165) is 14.3 Å². The molecule has 0 amide bonds. The molecule has 5 rings (SSSR count). The molecule has 0 saturated carbocycles. The van der Waals surface area contributed by atoms with Gasteiger partial charge in [-0.15, -0.1) is 34.0 Å². The molecule has 3 aromatic rings. The van der Waals surface area contributed by atoms with Crippen molar-refractivity contribution < 1.29 is 0 Å². The number of fused-ring (bicyclic) bond motifs is 6. The van der Waals surface area contributed by atoms with E-state index in [-0.39, 0.29) is 22.3 Å². The van der Waals surface area contributed by atoms with Crippen LogP contribution in [-0.2, 0) is 10.8 Å². The summed E-state index contributed by atoms with van der Waals surface area (Å²) < 4.78 is 2.26. The molecule has 3 heterocycles. The summed E-state index contributed by atoms with van der Waals surface area (Å²) in [7, 11) is 0. The van der Waals surface area contributed by atoms with Gasteiger partial charge in [-0.25, -0.2) is 9.98 Å². The molecule has 6 nitrogen and oxygen atoms in total.